The number of hydrogen-bond acceptors (Lipinski definition) is 4. The van der Waals surface area contributed by atoms with Gasteiger partial charge in [0.05, 0.1) is 10.1 Å². The van der Waals surface area contributed by atoms with Crippen LogP contribution >= 0.6 is 34.8 Å². The molecule has 1 aromatic carbocycles. The highest BCUT2D eigenvalue weighted by atomic mass is 127. The molecule has 1 rings (SSSR count). The number of hydrogen-bond donors (Lipinski definition) is 0. The molecule has 66 valence electrons. The third kappa shape index (κ3) is 2.55. The van der Waals surface area contributed by atoms with Gasteiger partial charge in [0, 0.05) is 9.64 Å². The first kappa shape index (κ1) is 10.2. The van der Waals surface area contributed by atoms with Crippen LogP contribution in [-0.2, 0) is 0 Å². The topological polar surface area (TPSA) is 55.5 Å². The molecule has 0 radical (unpaired) electrons. The normalized spacial score (nSPS) is 9.00. The van der Waals surface area contributed by atoms with E-state index in [1.807, 2.05) is 22.6 Å². The number of aliphatic imine (C=N–C) groups is 1. The fraction of sp³-hybridized carbons (Fsp3) is 0. The summed E-state index contributed by atoms with van der Waals surface area (Å²) in [4.78, 5) is 13.6. The van der Waals surface area contributed by atoms with Crippen LogP contribution in [0.15, 0.2) is 23.2 Å². The van der Waals surface area contributed by atoms with Crippen LogP contribution in [0.25, 0.3) is 0 Å². The first-order valence-corrected chi connectivity index (χ1v) is 4.65. The minimum Gasteiger partial charge on any atom is -0.258 e. The summed E-state index contributed by atoms with van der Waals surface area (Å²) < 4.78 is 0.785. The van der Waals surface area contributed by atoms with Gasteiger partial charge in [0.15, 0.2) is 5.69 Å². The molecule has 0 fully saturated rings. The number of thiocarbonyl (C=S) groups is 1. The number of nitrogens with zero attached hydrogens (tertiary/aromatic N) is 2. The van der Waals surface area contributed by atoms with E-state index in [1.165, 1.54) is 6.07 Å². The Kier molecular flexibility index (Phi) is 3.47. The third-order valence-corrected chi connectivity index (χ3v) is 2.06. The second-order valence-corrected chi connectivity index (χ2v) is 3.52. The maximum atomic E-state index is 10.5. The van der Waals surface area contributed by atoms with E-state index >= 15 is 0 Å². The number of nitro groups is 1. The van der Waals surface area contributed by atoms with Crippen molar-refractivity contribution in [2.75, 3.05) is 0 Å². The number of isothiocyanates is 1. The van der Waals surface area contributed by atoms with Crippen LogP contribution in [0.2, 0.25) is 0 Å². The molecule has 0 aliphatic heterocycles. The molecule has 13 heavy (non-hydrogen) atoms. The van der Waals surface area contributed by atoms with Gasteiger partial charge in [-0.05, 0) is 46.9 Å². The second-order valence-electron chi connectivity index (χ2n) is 2.09. The van der Waals surface area contributed by atoms with E-state index in [9.17, 15) is 10.1 Å². The Balaban J connectivity index is 3.34. The Morgan fingerprint density at radius 2 is 2.31 bits per heavy atom. The summed E-state index contributed by atoms with van der Waals surface area (Å²) in [5, 5.41) is 12.6. The molecular weight excluding hydrogens is 303 g/mol. The van der Waals surface area contributed by atoms with E-state index in [-0.39, 0.29) is 11.4 Å². The maximum absolute atomic E-state index is 10.5. The lowest BCUT2D eigenvalue weighted by atomic mass is 10.3. The van der Waals surface area contributed by atoms with Crippen LogP contribution in [-0.4, -0.2) is 10.1 Å². The Labute approximate surface area is 93.0 Å². The van der Waals surface area contributed by atoms with E-state index in [4.69, 9.17) is 0 Å². The van der Waals surface area contributed by atoms with Crippen molar-refractivity contribution in [1.82, 2.24) is 0 Å². The van der Waals surface area contributed by atoms with Crippen molar-refractivity contribution in [3.63, 3.8) is 0 Å². The Morgan fingerprint density at radius 1 is 1.62 bits per heavy atom. The van der Waals surface area contributed by atoms with Gasteiger partial charge in [-0.15, -0.1) is 0 Å². The highest BCUT2D eigenvalue weighted by molar-refractivity contribution is 14.1. The van der Waals surface area contributed by atoms with Crippen LogP contribution in [0.3, 0.4) is 0 Å². The van der Waals surface area contributed by atoms with Crippen molar-refractivity contribution in [2.24, 2.45) is 4.99 Å². The average molecular weight is 306 g/mol. The van der Waals surface area contributed by atoms with Crippen molar-refractivity contribution in [3.8, 4) is 0 Å². The summed E-state index contributed by atoms with van der Waals surface area (Å²) >= 11 is 6.36. The molecule has 0 spiro atoms. The van der Waals surface area contributed by atoms with Crippen molar-refractivity contribution in [2.45, 2.75) is 0 Å². The monoisotopic (exact) mass is 306 g/mol. The van der Waals surface area contributed by atoms with Crippen LogP contribution in [0.5, 0.6) is 0 Å². The largest absolute Gasteiger partial charge is 0.296 e. The summed E-state index contributed by atoms with van der Waals surface area (Å²) in [7, 11) is 0. The Morgan fingerprint density at radius 3 is 2.85 bits per heavy atom. The zero-order valence-corrected chi connectivity index (χ0v) is 9.20. The van der Waals surface area contributed by atoms with Crippen LogP contribution in [0.4, 0.5) is 11.4 Å². The molecule has 0 saturated heterocycles. The molecule has 0 atom stereocenters. The summed E-state index contributed by atoms with van der Waals surface area (Å²) in [5.74, 6) is 0. The zero-order chi connectivity index (χ0) is 9.84. The molecular formula is C7H3IN2O2S. The highest BCUT2D eigenvalue weighted by Crippen LogP contribution is 2.28. The Hall–Kier alpha value is -0.850. The van der Waals surface area contributed by atoms with Gasteiger partial charge in [-0.25, -0.2) is 0 Å². The molecule has 0 bridgehead atoms. The van der Waals surface area contributed by atoms with E-state index in [2.05, 4.69) is 22.4 Å². The van der Waals surface area contributed by atoms with E-state index < -0.39 is 4.92 Å². The van der Waals surface area contributed by atoms with Crippen LogP contribution in [0, 0.1) is 13.7 Å². The number of nitro benzene ring substituents is 1. The van der Waals surface area contributed by atoms with Crippen molar-refractivity contribution in [3.05, 3.63) is 31.9 Å². The van der Waals surface area contributed by atoms with Crippen molar-refractivity contribution < 1.29 is 4.92 Å². The van der Waals surface area contributed by atoms with Gasteiger partial charge in [-0.3, -0.25) is 10.1 Å². The molecule has 4 nitrogen and oxygen atoms in total. The molecule has 0 aromatic heterocycles. The standard InChI is InChI=1S/C7H3IN2O2S/c8-5-1-2-6(9-4-13)7(3-5)10(11)12/h1-3H. The van der Waals surface area contributed by atoms with E-state index in [0.29, 0.717) is 0 Å². The molecule has 6 heteroatoms. The first-order chi connectivity index (χ1) is 6.15. The van der Waals surface area contributed by atoms with Crippen LogP contribution < -0.4 is 0 Å². The molecule has 0 unspecified atom stereocenters. The predicted molar refractivity (Wildman–Crippen MR) is 60.5 cm³/mol. The molecule has 0 aliphatic carbocycles. The lowest BCUT2D eigenvalue weighted by molar-refractivity contribution is -0.384. The molecule has 1 aromatic rings. The smallest absolute Gasteiger partial charge is 0.258 e. The molecule has 0 N–H and O–H groups in total. The van der Waals surface area contributed by atoms with Gasteiger partial charge in [-0.2, -0.15) is 4.99 Å². The van der Waals surface area contributed by atoms with Gasteiger partial charge in [0.25, 0.3) is 5.69 Å². The lowest BCUT2D eigenvalue weighted by Crippen LogP contribution is -1.88. The minimum absolute atomic E-state index is 0.0516. The first-order valence-electron chi connectivity index (χ1n) is 3.17. The highest BCUT2D eigenvalue weighted by Gasteiger charge is 2.12. The zero-order valence-electron chi connectivity index (χ0n) is 6.23. The lowest BCUT2D eigenvalue weighted by Gasteiger charge is -1.95. The SMILES string of the molecule is O=[N+]([O-])c1cc(I)ccc1N=C=S. The predicted octanol–water partition coefficient (Wildman–Crippen LogP) is 2.93. The molecule has 0 amide bonds. The third-order valence-electron chi connectivity index (χ3n) is 1.30. The van der Waals surface area contributed by atoms with Gasteiger partial charge in [-0.1, -0.05) is 0 Å². The quantitative estimate of drug-likeness (QED) is 0.277. The molecule has 0 saturated carbocycles. The average Bonchev–Trinajstić information content (AvgIpc) is 2.08. The summed E-state index contributed by atoms with van der Waals surface area (Å²) in [5.41, 5.74) is 0.185. The fourth-order valence-corrected chi connectivity index (χ4v) is 1.36. The second kappa shape index (κ2) is 4.40. The Bertz CT molecular complexity index is 401. The number of benzene rings is 1. The molecule has 0 aliphatic rings. The number of rotatable bonds is 2. The van der Waals surface area contributed by atoms with E-state index in [0.717, 1.165) is 3.57 Å². The van der Waals surface area contributed by atoms with E-state index in [1.54, 1.807) is 12.1 Å². The minimum atomic E-state index is -0.492. The fourth-order valence-electron chi connectivity index (χ4n) is 0.787. The summed E-state index contributed by atoms with van der Waals surface area (Å²) in [6.45, 7) is 0. The maximum Gasteiger partial charge on any atom is 0.296 e. The molecule has 0 heterocycles. The van der Waals surface area contributed by atoms with Gasteiger partial charge < -0.3 is 0 Å². The van der Waals surface area contributed by atoms with Crippen LogP contribution in [0.1, 0.15) is 0 Å². The summed E-state index contributed by atoms with van der Waals surface area (Å²) in [6, 6.07) is 4.70. The van der Waals surface area contributed by atoms with Crippen molar-refractivity contribution in [1.29, 1.82) is 0 Å². The van der Waals surface area contributed by atoms with Gasteiger partial charge in [0.1, 0.15) is 0 Å². The number of halogens is 1. The summed E-state index contributed by atoms with van der Waals surface area (Å²) in [6.07, 6.45) is 0. The van der Waals surface area contributed by atoms with Gasteiger partial charge >= 0.3 is 0 Å². The van der Waals surface area contributed by atoms with Gasteiger partial charge in [0.2, 0.25) is 0 Å². The van der Waals surface area contributed by atoms with Crippen molar-refractivity contribution >= 4 is 51.3 Å².